The maximum absolute atomic E-state index is 7.11. The predicted octanol–water partition coefficient (Wildman–Crippen LogP) is 11.5. The van der Waals surface area contributed by atoms with Crippen LogP contribution in [0.15, 0.2) is 35.5 Å². The van der Waals surface area contributed by atoms with Crippen molar-refractivity contribution in [2.24, 2.45) is 11.3 Å². The zero-order valence-corrected chi connectivity index (χ0v) is 30.5. The molecule has 0 unspecified atom stereocenters. The minimum absolute atomic E-state index is 0.227. The summed E-state index contributed by atoms with van der Waals surface area (Å²) in [5, 5.41) is 0.552. The Bertz CT molecular complexity index is 881. The van der Waals surface area contributed by atoms with Crippen molar-refractivity contribution < 1.29 is 9.16 Å². The smallest absolute Gasteiger partial charge is 0.192 e. The fourth-order valence-corrected chi connectivity index (χ4v) is 10.3. The van der Waals surface area contributed by atoms with Gasteiger partial charge in [-0.25, -0.2) is 0 Å². The van der Waals surface area contributed by atoms with Gasteiger partial charge < -0.3 is 9.16 Å². The van der Waals surface area contributed by atoms with Crippen molar-refractivity contribution >= 4 is 16.4 Å². The highest BCUT2D eigenvalue weighted by Crippen LogP contribution is 2.54. The number of ether oxygens (including phenoxy) is 1. The van der Waals surface area contributed by atoms with E-state index in [1.807, 2.05) is 0 Å². The van der Waals surface area contributed by atoms with Crippen molar-refractivity contribution in [2.75, 3.05) is 13.2 Å². The molecule has 0 aromatic rings. The standard InChI is InChI=1S/C35H66O2Si2/c1-27(2)19-22-36-23-21-35(10)20-15-16-29(26-35)17-18-30-24-31(37-39(13,14)34(7,8)9)25-32(28(30)3)38(11,12)33(4,5)6/h17-18,27,31-32H,3,15-16,19-26H2,1-2,4-14H3/b29-17+,30-18+/t31-,32+,35+/m1/s1. The van der Waals surface area contributed by atoms with Gasteiger partial charge in [0.2, 0.25) is 0 Å². The summed E-state index contributed by atoms with van der Waals surface area (Å²) in [6.45, 7) is 38.0. The molecule has 0 N–H and O–H groups in total. The monoisotopic (exact) mass is 574 g/mol. The first-order valence-corrected chi connectivity index (χ1v) is 22.0. The van der Waals surface area contributed by atoms with Gasteiger partial charge in [-0.3, -0.25) is 0 Å². The number of rotatable bonds is 10. The van der Waals surface area contributed by atoms with E-state index in [4.69, 9.17) is 15.7 Å². The van der Waals surface area contributed by atoms with Gasteiger partial charge >= 0.3 is 0 Å². The van der Waals surface area contributed by atoms with Crippen LogP contribution in [0.25, 0.3) is 0 Å². The third-order valence-electron chi connectivity index (χ3n) is 11.0. The van der Waals surface area contributed by atoms with Gasteiger partial charge in [-0.1, -0.05) is 105 Å². The molecule has 0 heterocycles. The number of allylic oxidation sites excluding steroid dienone is 4. The topological polar surface area (TPSA) is 18.5 Å². The molecule has 0 saturated heterocycles. The first-order chi connectivity index (χ1) is 17.7. The summed E-state index contributed by atoms with van der Waals surface area (Å²) in [6, 6.07) is 0. The predicted molar refractivity (Wildman–Crippen MR) is 179 cm³/mol. The molecule has 3 atom stereocenters. The van der Waals surface area contributed by atoms with Crippen LogP contribution in [0.5, 0.6) is 0 Å². The lowest BCUT2D eigenvalue weighted by atomic mass is 9.71. The SMILES string of the molecule is C=C1/C(=C/C=C2\CCC[C@@](C)(CCOCCC(C)C)C2)C[C@@H](O[Si](C)(C)C(C)(C)C)C[C@@H]1[Si](C)(C)C(C)(C)C. The van der Waals surface area contributed by atoms with Crippen LogP contribution in [0.3, 0.4) is 0 Å². The Morgan fingerprint density at radius 1 is 1.00 bits per heavy atom. The van der Waals surface area contributed by atoms with Crippen LogP contribution in [-0.2, 0) is 9.16 Å². The summed E-state index contributed by atoms with van der Waals surface area (Å²) in [6.07, 6.45) is 14.8. The second-order valence-electron chi connectivity index (χ2n) is 16.9. The second-order valence-corrected chi connectivity index (χ2v) is 27.3. The van der Waals surface area contributed by atoms with Crippen LogP contribution < -0.4 is 0 Å². The third kappa shape index (κ3) is 9.55. The molecule has 0 aromatic heterocycles. The number of hydrogen-bond donors (Lipinski definition) is 0. The molecular formula is C35H66O2Si2. The molecule has 226 valence electrons. The summed E-state index contributed by atoms with van der Waals surface area (Å²) < 4.78 is 13.1. The molecule has 39 heavy (non-hydrogen) atoms. The molecule has 2 rings (SSSR count). The second kappa shape index (κ2) is 13.3. The van der Waals surface area contributed by atoms with Gasteiger partial charge in [0.25, 0.3) is 0 Å². The molecule has 0 radical (unpaired) electrons. The van der Waals surface area contributed by atoms with Gasteiger partial charge in [0.15, 0.2) is 8.32 Å². The fraction of sp³-hybridized carbons (Fsp3) is 0.829. The average molecular weight is 575 g/mol. The van der Waals surface area contributed by atoms with E-state index in [-0.39, 0.29) is 5.04 Å². The lowest BCUT2D eigenvalue weighted by Gasteiger charge is -2.49. The Kier molecular flexibility index (Phi) is 11.8. The highest BCUT2D eigenvalue weighted by atomic mass is 28.4. The minimum Gasteiger partial charge on any atom is -0.414 e. The van der Waals surface area contributed by atoms with Gasteiger partial charge in [0, 0.05) is 19.3 Å². The summed E-state index contributed by atoms with van der Waals surface area (Å²) in [5.74, 6) is 0.718. The van der Waals surface area contributed by atoms with Crippen LogP contribution in [0.2, 0.25) is 41.8 Å². The lowest BCUT2D eigenvalue weighted by Crippen LogP contribution is -2.49. The molecule has 2 aliphatic rings. The lowest BCUT2D eigenvalue weighted by molar-refractivity contribution is 0.0837. The van der Waals surface area contributed by atoms with Crippen molar-refractivity contribution in [3.05, 3.63) is 35.5 Å². The van der Waals surface area contributed by atoms with E-state index in [0.717, 1.165) is 38.4 Å². The molecule has 0 aromatic carbocycles. The molecule has 4 heteroatoms. The molecule has 2 nitrogen and oxygen atoms in total. The highest BCUT2D eigenvalue weighted by molar-refractivity contribution is 6.82. The van der Waals surface area contributed by atoms with Crippen molar-refractivity contribution in [3.8, 4) is 0 Å². The maximum atomic E-state index is 7.11. The third-order valence-corrected chi connectivity index (χ3v) is 21.7. The quantitative estimate of drug-likeness (QED) is 0.191. The van der Waals surface area contributed by atoms with Crippen LogP contribution >= 0.6 is 0 Å². The molecule has 2 aliphatic carbocycles. The molecule has 2 saturated carbocycles. The van der Waals surface area contributed by atoms with Gasteiger partial charge in [0.05, 0.1) is 8.07 Å². The Morgan fingerprint density at radius 3 is 2.21 bits per heavy atom. The normalized spacial score (nSPS) is 28.1. The van der Waals surface area contributed by atoms with Crippen LogP contribution in [0.4, 0.5) is 0 Å². The Labute approximate surface area is 246 Å². The van der Waals surface area contributed by atoms with Gasteiger partial charge in [-0.05, 0) is 97.0 Å². The molecule has 0 spiro atoms. The van der Waals surface area contributed by atoms with Crippen LogP contribution in [0, 0.1) is 11.3 Å². The summed E-state index contributed by atoms with van der Waals surface area (Å²) in [4.78, 5) is 0. The molecule has 0 aliphatic heterocycles. The maximum Gasteiger partial charge on any atom is 0.192 e. The Balaban J connectivity index is 2.26. The number of hydrogen-bond acceptors (Lipinski definition) is 2. The van der Waals surface area contributed by atoms with Crippen LogP contribution in [0.1, 0.15) is 114 Å². The van der Waals surface area contributed by atoms with Gasteiger partial charge in [-0.15, -0.1) is 0 Å². The van der Waals surface area contributed by atoms with Crippen molar-refractivity contribution in [1.29, 1.82) is 0 Å². The summed E-state index contributed by atoms with van der Waals surface area (Å²) >= 11 is 0. The molecule has 0 amide bonds. The summed E-state index contributed by atoms with van der Waals surface area (Å²) in [5.41, 5.74) is 5.40. The van der Waals surface area contributed by atoms with E-state index in [2.05, 4.69) is 101 Å². The van der Waals surface area contributed by atoms with E-state index >= 15 is 0 Å². The van der Waals surface area contributed by atoms with E-state index in [1.165, 1.54) is 43.3 Å². The zero-order valence-electron chi connectivity index (χ0n) is 28.5. The van der Waals surface area contributed by atoms with Crippen molar-refractivity contribution in [1.82, 2.24) is 0 Å². The fourth-order valence-electron chi connectivity index (χ4n) is 5.98. The van der Waals surface area contributed by atoms with Crippen LogP contribution in [-0.4, -0.2) is 35.7 Å². The average Bonchev–Trinajstić information content (AvgIpc) is 2.77. The Morgan fingerprint density at radius 2 is 1.64 bits per heavy atom. The minimum atomic E-state index is -1.85. The van der Waals surface area contributed by atoms with Crippen molar-refractivity contribution in [2.45, 2.75) is 162 Å². The van der Waals surface area contributed by atoms with Gasteiger partial charge in [-0.2, -0.15) is 0 Å². The first kappa shape index (κ1) is 34.8. The first-order valence-electron chi connectivity index (χ1n) is 16.0. The highest BCUT2D eigenvalue weighted by Gasteiger charge is 2.48. The van der Waals surface area contributed by atoms with E-state index in [0.29, 0.717) is 22.1 Å². The Hall–Kier alpha value is -0.426. The molecular weight excluding hydrogens is 509 g/mol. The van der Waals surface area contributed by atoms with Crippen molar-refractivity contribution in [3.63, 3.8) is 0 Å². The zero-order chi connectivity index (χ0) is 29.9. The molecule has 2 fully saturated rings. The van der Waals surface area contributed by atoms with E-state index in [1.54, 1.807) is 5.57 Å². The van der Waals surface area contributed by atoms with Gasteiger partial charge in [0.1, 0.15) is 0 Å². The molecule has 0 bridgehead atoms. The van der Waals surface area contributed by atoms with E-state index in [9.17, 15) is 0 Å². The summed E-state index contributed by atoms with van der Waals surface area (Å²) in [7, 11) is -3.48. The largest absolute Gasteiger partial charge is 0.414 e. The van der Waals surface area contributed by atoms with E-state index < -0.39 is 16.4 Å².